The predicted molar refractivity (Wildman–Crippen MR) is 311 cm³/mol. The third kappa shape index (κ3) is 29.6. The Hall–Kier alpha value is -4.38. The Morgan fingerprint density at radius 2 is 0.493 bits per heavy atom. The second-order valence-corrected chi connectivity index (χ2v) is 16.4. The van der Waals surface area contributed by atoms with Gasteiger partial charge in [0.25, 0.3) is 0 Å². The summed E-state index contributed by atoms with van der Waals surface area (Å²) in [6.07, 6.45) is 0.190. The number of phenolic OH excluding ortho intramolecular Hbond substituents is 3. The first kappa shape index (κ1) is 82.0. The molecule has 0 aromatic heterocycles. The fourth-order valence-corrected chi connectivity index (χ4v) is 6.65. The molecule has 3 aromatic rings. The summed E-state index contributed by atoms with van der Waals surface area (Å²) >= 11 is 0. The summed E-state index contributed by atoms with van der Waals surface area (Å²) in [5.74, 6) is 3.32. The first-order valence-corrected chi connectivity index (χ1v) is 25.1. The first-order valence-electron chi connectivity index (χ1n) is 25.1. The van der Waals surface area contributed by atoms with E-state index >= 15 is 0 Å². The van der Waals surface area contributed by atoms with Crippen molar-refractivity contribution in [3.05, 3.63) is 53.1 Å². The van der Waals surface area contributed by atoms with Crippen LogP contribution in [0.2, 0.25) is 0 Å². The van der Waals surface area contributed by atoms with E-state index in [9.17, 15) is 15.3 Å². The van der Waals surface area contributed by atoms with E-state index in [0.717, 1.165) is 36.0 Å². The molecule has 0 fully saturated rings. The summed E-state index contributed by atoms with van der Waals surface area (Å²) < 4.78 is 67.8. The SMILES string of the molecule is C.C.C.C.C.C.CCOC(C)Oc1c(O)cc(C(C)CC)cc1O.CCOC(C)Oc1cc(C(C)CC)cc(O)c1OC(C)OCC.CCOC(C)Oc1cc(C(C)CC)cc(OC(C)OCC)c1OC(C)OCC. The van der Waals surface area contributed by atoms with Crippen LogP contribution in [0.3, 0.4) is 0 Å². The molecule has 0 radical (unpaired) electrons. The van der Waals surface area contributed by atoms with Crippen molar-refractivity contribution < 1.29 is 72.2 Å². The minimum absolute atomic E-state index is 0. The third-order valence-corrected chi connectivity index (χ3v) is 10.9. The summed E-state index contributed by atoms with van der Waals surface area (Å²) in [4.78, 5) is 0. The molecule has 0 aliphatic rings. The van der Waals surface area contributed by atoms with Crippen molar-refractivity contribution in [2.75, 3.05) is 39.6 Å². The minimum Gasteiger partial charge on any atom is -0.504 e. The number of hydrogen-bond acceptors (Lipinski definition) is 15. The lowest BCUT2D eigenvalue weighted by molar-refractivity contribution is -0.0849. The first-order chi connectivity index (χ1) is 32.8. The molecule has 3 N–H and O–H groups in total. The van der Waals surface area contributed by atoms with Gasteiger partial charge in [-0.05, 0) is 173 Å². The molecular formula is C60H114O15. The van der Waals surface area contributed by atoms with Gasteiger partial charge in [0.05, 0.1) is 0 Å². The van der Waals surface area contributed by atoms with Gasteiger partial charge in [-0.2, -0.15) is 0 Å². The zero-order chi connectivity index (χ0) is 52.2. The molecule has 15 heteroatoms. The molecule has 9 atom stereocenters. The van der Waals surface area contributed by atoms with E-state index in [0.29, 0.717) is 74.5 Å². The second kappa shape index (κ2) is 44.7. The van der Waals surface area contributed by atoms with Gasteiger partial charge in [0.15, 0.2) is 72.2 Å². The summed E-state index contributed by atoms with van der Waals surface area (Å²) in [7, 11) is 0. The Morgan fingerprint density at radius 1 is 0.293 bits per heavy atom. The van der Waals surface area contributed by atoms with Crippen molar-refractivity contribution in [3.63, 3.8) is 0 Å². The van der Waals surface area contributed by atoms with Crippen molar-refractivity contribution in [1.29, 1.82) is 0 Å². The maximum absolute atomic E-state index is 10.4. The molecule has 0 amide bonds. The van der Waals surface area contributed by atoms with Crippen LogP contribution < -0.4 is 28.4 Å². The standard InChI is InChI=1S/C22H38O6.C18H30O5.C14H22O4.6CH4/c1-9-15(5)19-13-20(26-16(6)23-10-2)22(28-18(8)25-12-4)21(14-19)27-17(7)24-11-3;1-7-12(4)15-10-16(19)18(23-14(6)21-9-3)17(11-15)22-13(5)20-8-2;1-5-9(3)11-7-12(15)14(13(16)8-11)18-10(4)17-6-2;;;;;;/h13-18H,9-12H2,1-8H3;10-14,19H,7-9H2,1-6H3;7-10,15-16H,5-6H2,1-4H3;6*1H4. The number of hydrogen-bond donors (Lipinski definition) is 3. The molecule has 15 nitrogen and oxygen atoms in total. The molecule has 0 heterocycles. The molecule has 0 spiro atoms. The van der Waals surface area contributed by atoms with Crippen LogP contribution in [0.15, 0.2) is 36.4 Å². The van der Waals surface area contributed by atoms with Crippen LogP contribution >= 0.6 is 0 Å². The van der Waals surface area contributed by atoms with Gasteiger partial charge >= 0.3 is 0 Å². The predicted octanol–water partition coefficient (Wildman–Crippen LogP) is 17.1. The normalized spacial score (nSPS) is 13.8. The van der Waals surface area contributed by atoms with Crippen LogP contribution in [-0.2, 0) is 28.4 Å². The van der Waals surface area contributed by atoms with E-state index in [1.807, 2.05) is 94.4 Å². The number of benzene rings is 3. The number of phenols is 3. The molecule has 3 aromatic carbocycles. The topological polar surface area (TPSA) is 171 Å². The number of aromatic hydroxyl groups is 3. The van der Waals surface area contributed by atoms with Crippen molar-refractivity contribution in [1.82, 2.24) is 0 Å². The highest BCUT2D eigenvalue weighted by molar-refractivity contribution is 5.56. The lowest BCUT2D eigenvalue weighted by Gasteiger charge is -2.25. The molecule has 0 saturated heterocycles. The van der Waals surface area contributed by atoms with Crippen molar-refractivity contribution >= 4 is 0 Å². The fourth-order valence-electron chi connectivity index (χ4n) is 6.65. The highest BCUT2D eigenvalue weighted by Crippen LogP contribution is 2.44. The molecule has 0 aliphatic heterocycles. The largest absolute Gasteiger partial charge is 0.504 e. The summed E-state index contributed by atoms with van der Waals surface area (Å²) in [5, 5.41) is 30.2. The molecule has 0 aliphatic carbocycles. The van der Waals surface area contributed by atoms with Crippen molar-refractivity contribution in [2.24, 2.45) is 0 Å². The Labute approximate surface area is 459 Å². The average molecular weight is 1080 g/mol. The zero-order valence-corrected chi connectivity index (χ0v) is 45.3. The van der Waals surface area contributed by atoms with Crippen molar-refractivity contribution in [3.8, 4) is 51.7 Å². The highest BCUT2D eigenvalue weighted by Gasteiger charge is 2.24. The Kier molecular flexibility index (Phi) is 48.9. The fraction of sp³-hybridized carbons (Fsp3) is 0.700. The van der Waals surface area contributed by atoms with Crippen LogP contribution in [0.5, 0.6) is 51.7 Å². The Balaban J connectivity index is -0.000000234. The quantitative estimate of drug-likeness (QED) is 0.0538. The molecule has 75 heavy (non-hydrogen) atoms. The molecule has 0 saturated carbocycles. The molecule has 3 rings (SSSR count). The van der Waals surface area contributed by atoms with Gasteiger partial charge in [0, 0.05) is 39.6 Å². The summed E-state index contributed by atoms with van der Waals surface area (Å²) in [6, 6.07) is 10.9. The van der Waals surface area contributed by atoms with Gasteiger partial charge in [-0.25, -0.2) is 0 Å². The average Bonchev–Trinajstić information content (AvgIpc) is 3.29. The van der Waals surface area contributed by atoms with Gasteiger partial charge in [0.1, 0.15) is 0 Å². The van der Waals surface area contributed by atoms with E-state index in [1.54, 1.807) is 32.0 Å². The molecule has 444 valence electrons. The Bertz CT molecular complexity index is 1780. The van der Waals surface area contributed by atoms with Gasteiger partial charge in [-0.3, -0.25) is 0 Å². The minimum atomic E-state index is -0.513. The highest BCUT2D eigenvalue weighted by atomic mass is 16.7. The Morgan fingerprint density at radius 3 is 0.760 bits per heavy atom. The van der Waals surface area contributed by atoms with Crippen LogP contribution in [0, 0.1) is 0 Å². The maximum atomic E-state index is 10.4. The lowest BCUT2D eigenvalue weighted by atomic mass is 9.98. The number of ether oxygens (including phenoxy) is 12. The zero-order valence-electron chi connectivity index (χ0n) is 45.3. The van der Waals surface area contributed by atoms with Crippen LogP contribution in [0.4, 0.5) is 0 Å². The van der Waals surface area contributed by atoms with E-state index < -0.39 is 37.7 Å². The summed E-state index contributed by atoms with van der Waals surface area (Å²) in [6.45, 7) is 38.2. The van der Waals surface area contributed by atoms with Crippen LogP contribution in [0.25, 0.3) is 0 Å². The van der Waals surface area contributed by atoms with Gasteiger partial charge in [0.2, 0.25) is 17.2 Å². The van der Waals surface area contributed by atoms with Crippen LogP contribution in [0.1, 0.15) is 223 Å². The van der Waals surface area contributed by atoms with Crippen molar-refractivity contribution in [2.45, 2.75) is 244 Å². The van der Waals surface area contributed by atoms with Crippen LogP contribution in [-0.4, -0.2) is 92.7 Å². The van der Waals surface area contributed by atoms with Gasteiger partial charge in [-0.1, -0.05) is 86.1 Å². The third-order valence-electron chi connectivity index (χ3n) is 10.9. The van der Waals surface area contributed by atoms with E-state index in [4.69, 9.17) is 56.8 Å². The van der Waals surface area contributed by atoms with E-state index in [2.05, 4.69) is 34.6 Å². The van der Waals surface area contributed by atoms with Gasteiger partial charge < -0.3 is 72.2 Å². The van der Waals surface area contributed by atoms with E-state index in [1.165, 1.54) is 0 Å². The van der Waals surface area contributed by atoms with E-state index in [-0.39, 0.29) is 79.2 Å². The second-order valence-electron chi connectivity index (χ2n) is 16.4. The summed E-state index contributed by atoms with van der Waals surface area (Å²) in [5.41, 5.74) is 3.00. The molecule has 9 unspecified atom stereocenters. The monoisotopic (exact) mass is 1070 g/mol. The van der Waals surface area contributed by atoms with Gasteiger partial charge in [-0.15, -0.1) is 0 Å². The smallest absolute Gasteiger partial charge is 0.206 e. The lowest BCUT2D eigenvalue weighted by Crippen LogP contribution is -2.22. The maximum Gasteiger partial charge on any atom is 0.206 e. The molecule has 0 bridgehead atoms. The number of rotatable bonds is 30. The molecular weight excluding hydrogens is 961 g/mol.